The third-order valence-corrected chi connectivity index (χ3v) is 2.62. The minimum atomic E-state index is -0.500. The van der Waals surface area contributed by atoms with Gasteiger partial charge in [-0.3, -0.25) is 14.8 Å². The maximum absolute atomic E-state index is 10.6. The molecular weight excluding hydrogens is 198 g/mol. The van der Waals surface area contributed by atoms with Crippen molar-refractivity contribution < 1.29 is 4.92 Å². The molecule has 0 bridgehead atoms. The van der Waals surface area contributed by atoms with Gasteiger partial charge in [0, 0.05) is 0 Å². The van der Waals surface area contributed by atoms with Crippen LogP contribution in [0.4, 0.5) is 11.5 Å². The van der Waals surface area contributed by atoms with E-state index in [-0.39, 0.29) is 17.5 Å². The van der Waals surface area contributed by atoms with E-state index in [0.29, 0.717) is 0 Å². The van der Waals surface area contributed by atoms with Gasteiger partial charge in [-0.1, -0.05) is 0 Å². The van der Waals surface area contributed by atoms with Gasteiger partial charge in [0.05, 0.1) is 11.0 Å². The van der Waals surface area contributed by atoms with E-state index in [9.17, 15) is 10.1 Å². The van der Waals surface area contributed by atoms with Crippen LogP contribution in [0.2, 0.25) is 0 Å². The highest BCUT2D eigenvalue weighted by atomic mass is 16.6. The van der Waals surface area contributed by atoms with E-state index in [1.165, 1.54) is 6.20 Å². The summed E-state index contributed by atoms with van der Waals surface area (Å²) in [5, 5.41) is 17.8. The Bertz CT molecular complexity index is 369. The highest BCUT2D eigenvalue weighted by Gasteiger charge is 2.22. The lowest BCUT2D eigenvalue weighted by molar-refractivity contribution is -0.384. The van der Waals surface area contributed by atoms with E-state index in [1.807, 2.05) is 0 Å². The quantitative estimate of drug-likeness (QED) is 0.541. The van der Waals surface area contributed by atoms with Crippen LogP contribution in [0.5, 0.6) is 0 Å². The Hall–Kier alpha value is -1.63. The molecule has 0 spiro atoms. The number of aromatic nitrogens is 2. The average Bonchev–Trinajstić information content (AvgIpc) is 2.62. The first-order valence-electron chi connectivity index (χ1n) is 4.88. The summed E-state index contributed by atoms with van der Waals surface area (Å²) in [6.07, 6.45) is 3.28. The Labute approximate surface area is 86.4 Å². The lowest BCUT2D eigenvalue weighted by Crippen LogP contribution is -2.29. The molecule has 0 radical (unpaired) electrons. The summed E-state index contributed by atoms with van der Waals surface area (Å²) in [7, 11) is 0. The Morgan fingerprint density at radius 1 is 1.60 bits per heavy atom. The predicted octanol–water partition coefficient (Wildman–Crippen LogP) is 0.298. The summed E-state index contributed by atoms with van der Waals surface area (Å²) in [5.41, 5.74) is 5.36. The van der Waals surface area contributed by atoms with E-state index >= 15 is 0 Å². The van der Waals surface area contributed by atoms with Crippen molar-refractivity contribution in [1.82, 2.24) is 15.1 Å². The van der Waals surface area contributed by atoms with Gasteiger partial charge < -0.3 is 11.1 Å². The van der Waals surface area contributed by atoms with Crippen molar-refractivity contribution in [2.24, 2.45) is 0 Å². The van der Waals surface area contributed by atoms with Gasteiger partial charge >= 0.3 is 5.69 Å². The number of piperidine rings is 1. The molecule has 1 aromatic heterocycles. The number of rotatable bonds is 2. The molecule has 0 unspecified atom stereocenters. The molecule has 1 aromatic rings. The first-order chi connectivity index (χ1) is 7.18. The number of hydrogen-bond donors (Lipinski definition) is 2. The summed E-state index contributed by atoms with van der Waals surface area (Å²) in [5.74, 6) is -0.00136. The number of anilines is 1. The molecule has 1 fully saturated rings. The third kappa shape index (κ3) is 1.91. The van der Waals surface area contributed by atoms with Crippen molar-refractivity contribution in [3.8, 4) is 0 Å². The van der Waals surface area contributed by atoms with E-state index in [0.717, 1.165) is 25.9 Å². The van der Waals surface area contributed by atoms with Crippen LogP contribution in [0.15, 0.2) is 6.20 Å². The maximum Gasteiger partial charge on any atom is 0.330 e. The highest BCUT2D eigenvalue weighted by molar-refractivity contribution is 5.50. The van der Waals surface area contributed by atoms with Crippen LogP contribution in [0, 0.1) is 10.1 Å². The lowest BCUT2D eigenvalue weighted by atomic mass is 10.1. The molecule has 0 amide bonds. The zero-order valence-electron chi connectivity index (χ0n) is 8.22. The average molecular weight is 211 g/mol. The molecule has 15 heavy (non-hydrogen) atoms. The van der Waals surface area contributed by atoms with Crippen LogP contribution in [0.1, 0.15) is 18.9 Å². The number of nitro groups is 1. The number of nitrogens with zero attached hydrogens (tertiary/aromatic N) is 3. The molecule has 0 atom stereocenters. The lowest BCUT2D eigenvalue weighted by Gasteiger charge is -2.22. The zero-order chi connectivity index (χ0) is 10.8. The fourth-order valence-corrected chi connectivity index (χ4v) is 1.79. The van der Waals surface area contributed by atoms with Crippen molar-refractivity contribution in [2.75, 3.05) is 18.8 Å². The van der Waals surface area contributed by atoms with Crippen molar-refractivity contribution in [3.05, 3.63) is 16.3 Å². The first-order valence-corrected chi connectivity index (χ1v) is 4.88. The minimum absolute atomic E-state index is 0.00136. The summed E-state index contributed by atoms with van der Waals surface area (Å²) < 4.78 is 1.62. The molecule has 3 N–H and O–H groups in total. The second-order valence-corrected chi connectivity index (χ2v) is 3.62. The van der Waals surface area contributed by atoms with E-state index < -0.39 is 4.92 Å². The van der Waals surface area contributed by atoms with Gasteiger partial charge in [-0.05, 0) is 25.9 Å². The second kappa shape index (κ2) is 3.85. The summed E-state index contributed by atoms with van der Waals surface area (Å²) >= 11 is 0. The molecule has 1 saturated heterocycles. The van der Waals surface area contributed by atoms with Gasteiger partial charge in [-0.25, -0.2) is 0 Å². The normalized spacial score (nSPS) is 17.9. The van der Waals surface area contributed by atoms with Gasteiger partial charge in [0.1, 0.15) is 6.20 Å². The predicted molar refractivity (Wildman–Crippen MR) is 54.4 cm³/mol. The maximum atomic E-state index is 10.6. The van der Waals surface area contributed by atoms with Gasteiger partial charge in [-0.15, -0.1) is 5.10 Å². The minimum Gasteiger partial charge on any atom is -0.376 e. The van der Waals surface area contributed by atoms with Crippen molar-refractivity contribution >= 4 is 11.5 Å². The zero-order valence-corrected chi connectivity index (χ0v) is 8.22. The molecule has 1 aliphatic heterocycles. The highest BCUT2D eigenvalue weighted by Crippen LogP contribution is 2.24. The van der Waals surface area contributed by atoms with Gasteiger partial charge in [-0.2, -0.15) is 0 Å². The first kappa shape index (κ1) is 9.91. The SMILES string of the molecule is Nc1nn(C2CCNCC2)cc1[N+](=O)[O-]. The Morgan fingerprint density at radius 3 is 2.80 bits per heavy atom. The fraction of sp³-hybridized carbons (Fsp3) is 0.625. The van der Waals surface area contributed by atoms with Crippen molar-refractivity contribution in [2.45, 2.75) is 18.9 Å². The Morgan fingerprint density at radius 2 is 2.27 bits per heavy atom. The van der Waals surface area contributed by atoms with Crippen LogP contribution in [-0.4, -0.2) is 27.8 Å². The fourth-order valence-electron chi connectivity index (χ4n) is 1.79. The molecule has 7 nitrogen and oxygen atoms in total. The third-order valence-electron chi connectivity index (χ3n) is 2.62. The molecule has 2 rings (SSSR count). The van der Waals surface area contributed by atoms with Gasteiger partial charge in [0.25, 0.3) is 0 Å². The van der Waals surface area contributed by atoms with Gasteiger partial charge in [0.2, 0.25) is 5.82 Å². The van der Waals surface area contributed by atoms with Crippen LogP contribution in [0.25, 0.3) is 0 Å². The monoisotopic (exact) mass is 211 g/mol. The van der Waals surface area contributed by atoms with Crippen LogP contribution >= 0.6 is 0 Å². The second-order valence-electron chi connectivity index (χ2n) is 3.62. The van der Waals surface area contributed by atoms with Crippen LogP contribution < -0.4 is 11.1 Å². The number of hydrogen-bond acceptors (Lipinski definition) is 5. The van der Waals surface area contributed by atoms with E-state index in [2.05, 4.69) is 10.4 Å². The van der Waals surface area contributed by atoms with Crippen molar-refractivity contribution in [3.63, 3.8) is 0 Å². The van der Waals surface area contributed by atoms with Crippen molar-refractivity contribution in [1.29, 1.82) is 0 Å². The molecule has 7 heteroatoms. The summed E-state index contributed by atoms with van der Waals surface area (Å²) in [6.45, 7) is 1.83. The Kier molecular flexibility index (Phi) is 2.55. The molecule has 0 aliphatic carbocycles. The van der Waals surface area contributed by atoms with Gasteiger partial charge in [0.15, 0.2) is 0 Å². The topological polar surface area (TPSA) is 99.0 Å². The molecule has 2 heterocycles. The molecule has 0 saturated carbocycles. The largest absolute Gasteiger partial charge is 0.376 e. The number of nitrogens with one attached hydrogen (secondary N) is 1. The Balaban J connectivity index is 2.21. The summed E-state index contributed by atoms with van der Waals surface area (Å²) in [4.78, 5) is 10.1. The number of nitrogen functional groups attached to an aromatic ring is 1. The smallest absolute Gasteiger partial charge is 0.330 e. The standard InChI is InChI=1S/C8H13N5O2/c9-8-7(13(14)15)5-12(11-8)6-1-3-10-4-2-6/h5-6,10H,1-4H2,(H2,9,11). The van der Waals surface area contributed by atoms with E-state index in [4.69, 9.17) is 5.73 Å². The van der Waals surface area contributed by atoms with E-state index in [1.54, 1.807) is 4.68 Å². The van der Waals surface area contributed by atoms with Crippen LogP contribution in [-0.2, 0) is 0 Å². The molecular formula is C8H13N5O2. The molecule has 0 aromatic carbocycles. The van der Waals surface area contributed by atoms with Crippen LogP contribution in [0.3, 0.4) is 0 Å². The number of nitrogens with two attached hydrogens (primary N) is 1. The summed E-state index contributed by atoms with van der Waals surface area (Å²) in [6, 6.07) is 0.224. The molecule has 1 aliphatic rings. The molecule has 82 valence electrons.